The molecule has 1 rings (SSSR count). The molecule has 0 aliphatic carbocycles. The summed E-state index contributed by atoms with van der Waals surface area (Å²) in [6.07, 6.45) is 10.4. The fraction of sp³-hybridized carbons (Fsp3) is 0.611. The quantitative estimate of drug-likeness (QED) is 0.289. The molecule has 0 bridgehead atoms. The van der Waals surface area contributed by atoms with Crippen LogP contribution < -0.4 is 0 Å². The van der Waals surface area contributed by atoms with E-state index in [1.807, 2.05) is 0 Å². The Morgan fingerprint density at radius 3 is 2.00 bits per heavy atom. The van der Waals surface area contributed by atoms with Gasteiger partial charge in [-0.3, -0.25) is 4.89 Å². The van der Waals surface area contributed by atoms with Gasteiger partial charge in [-0.15, -0.1) is 0 Å². The molecule has 0 atom stereocenters. The lowest BCUT2D eigenvalue weighted by Gasteiger charge is -2.04. The first-order valence-electron chi connectivity index (χ1n) is 8.75. The Bertz CT molecular complexity index is 554. The maximum absolute atomic E-state index is 11.8. The van der Waals surface area contributed by atoms with Crippen molar-refractivity contribution in [2.45, 2.75) is 76.0 Å². The Morgan fingerprint density at radius 1 is 0.875 bits per heavy atom. The lowest BCUT2D eigenvalue weighted by atomic mass is 10.1. The monoisotopic (exact) mass is 356 g/mol. The molecule has 0 saturated heterocycles. The zero-order valence-electron chi connectivity index (χ0n) is 14.4. The van der Waals surface area contributed by atoms with Crippen LogP contribution in [-0.4, -0.2) is 14.4 Å². The van der Waals surface area contributed by atoms with Crippen molar-refractivity contribution >= 4 is 16.1 Å². The average Bonchev–Trinajstić information content (AvgIpc) is 2.59. The Balaban J connectivity index is 2.08. The molecular weight excluding hydrogens is 328 g/mol. The van der Waals surface area contributed by atoms with Crippen molar-refractivity contribution in [2.75, 3.05) is 0 Å². The highest BCUT2D eigenvalue weighted by Gasteiger charge is 2.18. The average molecular weight is 356 g/mol. The molecule has 0 N–H and O–H groups in total. The molecular formula is C18H28O5S. The second-order valence-corrected chi connectivity index (χ2v) is 7.38. The topological polar surface area (TPSA) is 69.7 Å². The van der Waals surface area contributed by atoms with Crippen LogP contribution in [0.15, 0.2) is 35.2 Å². The first-order chi connectivity index (χ1) is 11.6. The van der Waals surface area contributed by atoms with Crippen LogP contribution in [-0.2, 0) is 24.1 Å². The summed E-state index contributed by atoms with van der Waals surface area (Å²) in [4.78, 5) is 15.9. The van der Waals surface area contributed by atoms with Gasteiger partial charge in [-0.1, -0.05) is 76.5 Å². The van der Waals surface area contributed by atoms with E-state index in [4.69, 9.17) is 0 Å². The number of carbonyl (C=O) groups is 1. The lowest BCUT2D eigenvalue weighted by Crippen LogP contribution is -2.12. The zero-order valence-corrected chi connectivity index (χ0v) is 15.2. The van der Waals surface area contributed by atoms with Gasteiger partial charge < -0.3 is 0 Å². The number of carbonyl (C=O) groups excluding carboxylic acids is 1. The summed E-state index contributed by atoms with van der Waals surface area (Å²) in [6, 6.07) is 7.59. The van der Waals surface area contributed by atoms with Gasteiger partial charge in [-0.05, 0) is 22.9 Å². The van der Waals surface area contributed by atoms with E-state index in [1.165, 1.54) is 50.7 Å². The second kappa shape index (κ2) is 12.0. The van der Waals surface area contributed by atoms with Gasteiger partial charge in [0, 0.05) is 6.42 Å². The summed E-state index contributed by atoms with van der Waals surface area (Å²) in [5.41, 5.74) is 0. The van der Waals surface area contributed by atoms with E-state index in [9.17, 15) is 13.2 Å². The highest BCUT2D eigenvalue weighted by Crippen LogP contribution is 2.13. The maximum atomic E-state index is 11.8. The molecule has 1 aromatic rings. The molecule has 24 heavy (non-hydrogen) atoms. The van der Waals surface area contributed by atoms with Gasteiger partial charge in [-0.2, -0.15) is 8.42 Å². The first-order valence-corrected chi connectivity index (χ1v) is 10.2. The van der Waals surface area contributed by atoms with Crippen LogP contribution in [0, 0.1) is 0 Å². The van der Waals surface area contributed by atoms with Crippen LogP contribution in [0.1, 0.15) is 71.1 Å². The first kappa shape index (κ1) is 20.6. The molecule has 0 aliphatic rings. The van der Waals surface area contributed by atoms with Gasteiger partial charge in [0.25, 0.3) is 0 Å². The molecule has 5 nitrogen and oxygen atoms in total. The van der Waals surface area contributed by atoms with Crippen LogP contribution in [0.2, 0.25) is 0 Å². The van der Waals surface area contributed by atoms with Crippen molar-refractivity contribution in [1.29, 1.82) is 0 Å². The van der Waals surface area contributed by atoms with E-state index in [2.05, 4.69) is 16.1 Å². The molecule has 0 unspecified atom stereocenters. The molecule has 0 amide bonds. The van der Waals surface area contributed by atoms with Crippen LogP contribution >= 0.6 is 0 Å². The predicted octanol–water partition coefficient (Wildman–Crippen LogP) is 4.77. The molecule has 0 aromatic heterocycles. The van der Waals surface area contributed by atoms with Crippen LogP contribution in [0.5, 0.6) is 0 Å². The minimum atomic E-state index is -4.05. The SMILES string of the molecule is CCCCCCCCCCCC(=O)OOS(=O)(=O)c1ccccc1. The molecule has 6 heteroatoms. The van der Waals surface area contributed by atoms with Crippen LogP contribution in [0.25, 0.3) is 0 Å². The van der Waals surface area contributed by atoms with Crippen molar-refractivity contribution in [1.82, 2.24) is 0 Å². The Labute approximate surface area is 145 Å². The van der Waals surface area contributed by atoms with Gasteiger partial charge in [0.2, 0.25) is 0 Å². The second-order valence-electron chi connectivity index (χ2n) is 5.87. The van der Waals surface area contributed by atoms with E-state index in [0.29, 0.717) is 6.42 Å². The van der Waals surface area contributed by atoms with E-state index in [0.717, 1.165) is 12.8 Å². The fourth-order valence-electron chi connectivity index (χ4n) is 2.33. The zero-order chi connectivity index (χ0) is 17.7. The Hall–Kier alpha value is -1.40. The summed E-state index contributed by atoms with van der Waals surface area (Å²) < 4.78 is 27.9. The van der Waals surface area contributed by atoms with Crippen molar-refractivity contribution in [3.05, 3.63) is 30.3 Å². The normalized spacial score (nSPS) is 11.4. The smallest absolute Gasteiger partial charge is 0.281 e. The third kappa shape index (κ3) is 9.03. The molecule has 0 fully saturated rings. The number of hydrogen-bond acceptors (Lipinski definition) is 5. The minimum Gasteiger partial charge on any atom is -0.281 e. The number of hydrogen-bond donors (Lipinski definition) is 0. The Morgan fingerprint density at radius 2 is 1.42 bits per heavy atom. The van der Waals surface area contributed by atoms with E-state index >= 15 is 0 Å². The fourth-order valence-corrected chi connectivity index (χ4v) is 3.07. The minimum absolute atomic E-state index is 0.0409. The van der Waals surface area contributed by atoms with Crippen molar-refractivity contribution in [3.63, 3.8) is 0 Å². The third-order valence-corrected chi connectivity index (χ3v) is 4.83. The van der Waals surface area contributed by atoms with Crippen molar-refractivity contribution in [2.24, 2.45) is 0 Å². The molecule has 0 aliphatic heterocycles. The standard InChI is InChI=1S/C18H28O5S/c1-2-3-4-5-6-7-8-9-13-16-18(19)22-23-24(20,21)17-14-11-10-12-15-17/h10-12,14-15H,2-9,13,16H2,1H3. The predicted molar refractivity (Wildman–Crippen MR) is 92.6 cm³/mol. The lowest BCUT2D eigenvalue weighted by molar-refractivity contribution is -0.211. The highest BCUT2D eigenvalue weighted by atomic mass is 32.2. The van der Waals surface area contributed by atoms with Crippen molar-refractivity contribution < 1.29 is 22.4 Å². The molecule has 0 spiro atoms. The molecule has 0 radical (unpaired) electrons. The number of benzene rings is 1. The van der Waals surface area contributed by atoms with E-state index < -0.39 is 16.1 Å². The van der Waals surface area contributed by atoms with Crippen LogP contribution in [0.3, 0.4) is 0 Å². The summed E-state index contributed by atoms with van der Waals surface area (Å²) >= 11 is 0. The van der Waals surface area contributed by atoms with Gasteiger partial charge in [0.1, 0.15) is 0 Å². The van der Waals surface area contributed by atoms with Crippen molar-refractivity contribution in [3.8, 4) is 0 Å². The van der Waals surface area contributed by atoms with E-state index in [1.54, 1.807) is 18.2 Å². The van der Waals surface area contributed by atoms with E-state index in [-0.39, 0.29) is 11.3 Å². The molecule has 136 valence electrons. The molecule has 0 heterocycles. The van der Waals surface area contributed by atoms with Crippen LogP contribution in [0.4, 0.5) is 0 Å². The van der Waals surface area contributed by atoms with Gasteiger partial charge in [0.15, 0.2) is 0 Å². The largest absolute Gasteiger partial charge is 0.343 e. The summed E-state index contributed by atoms with van der Waals surface area (Å²) in [6.45, 7) is 2.20. The summed E-state index contributed by atoms with van der Waals surface area (Å²) in [5.74, 6) is -0.655. The summed E-state index contributed by atoms with van der Waals surface area (Å²) in [5, 5.41) is 0. The molecule has 1 aromatic carbocycles. The van der Waals surface area contributed by atoms with Gasteiger partial charge in [0.05, 0.1) is 4.90 Å². The Kier molecular flexibility index (Phi) is 10.4. The maximum Gasteiger partial charge on any atom is 0.343 e. The highest BCUT2D eigenvalue weighted by molar-refractivity contribution is 7.86. The summed E-state index contributed by atoms with van der Waals surface area (Å²) in [7, 11) is -4.05. The number of unbranched alkanes of at least 4 members (excludes halogenated alkanes) is 8. The van der Waals surface area contributed by atoms with Gasteiger partial charge >= 0.3 is 16.1 Å². The van der Waals surface area contributed by atoms with Gasteiger partial charge in [-0.25, -0.2) is 4.79 Å². The molecule has 0 saturated carbocycles. The number of rotatable bonds is 13. The third-order valence-electron chi connectivity index (χ3n) is 3.73.